The Morgan fingerprint density at radius 3 is 2.62 bits per heavy atom. The second-order valence-corrected chi connectivity index (χ2v) is 0.802. The molecule has 0 fully saturated rings. The number of hydrogen-bond donors (Lipinski definition) is 4. The van der Waals surface area contributed by atoms with Gasteiger partial charge in [0.15, 0.2) is 0 Å². The Balaban J connectivity index is 3.18. The Bertz CT molecular complexity index is 90.4. The van der Waals surface area contributed by atoms with Gasteiger partial charge in [-0.25, -0.2) is 4.79 Å². The van der Waals surface area contributed by atoms with Crippen LogP contribution in [0.25, 0.3) is 0 Å². The lowest BCUT2D eigenvalue weighted by Crippen LogP contribution is -2.45. The lowest BCUT2D eigenvalue weighted by atomic mass is 11.1. The van der Waals surface area contributed by atoms with Gasteiger partial charge in [0.25, 0.3) is 0 Å². The smallest absolute Gasteiger partial charge is 0.258 e. The largest absolute Gasteiger partial charge is 0.353 e. The molecular weight excluding hydrogens is 114 g/mol. The molecule has 8 heavy (non-hydrogen) atoms. The molecule has 0 unspecified atom stereocenters. The fourth-order valence-electron chi connectivity index (χ4n) is 0.135. The van der Waals surface area contributed by atoms with Crippen LogP contribution in [0.4, 0.5) is 4.79 Å². The average Bonchev–Trinajstić information content (AvgIpc) is 1.68. The maximum absolute atomic E-state index is 9.98. The van der Waals surface area contributed by atoms with E-state index in [0.29, 0.717) is 0 Å². The molecule has 0 aliphatic heterocycles. The Hall–Kier alpha value is -1.21. The minimum Gasteiger partial charge on any atom is -0.258 e. The summed E-state index contributed by atoms with van der Waals surface area (Å²) in [4.78, 5) is 19.2. The van der Waals surface area contributed by atoms with Crippen LogP contribution in [-0.2, 0) is 0 Å². The highest BCUT2D eigenvalue weighted by atomic mass is 16.3. The van der Waals surface area contributed by atoms with Crippen molar-refractivity contribution < 1.29 is 4.79 Å². The van der Waals surface area contributed by atoms with Crippen LogP contribution < -0.4 is 22.2 Å². The van der Waals surface area contributed by atoms with Gasteiger partial charge in [-0.2, -0.15) is 11.0 Å². The van der Waals surface area contributed by atoms with Crippen LogP contribution in [0.15, 0.2) is 5.29 Å². The van der Waals surface area contributed by atoms with Crippen LogP contribution in [0, 0.1) is 4.91 Å². The number of amides is 2. The van der Waals surface area contributed by atoms with Crippen molar-refractivity contribution in [3.05, 3.63) is 4.91 Å². The SMILES string of the molecule is NNNC(=O)NN=O. The molecule has 46 valence electrons. The van der Waals surface area contributed by atoms with E-state index in [4.69, 9.17) is 0 Å². The van der Waals surface area contributed by atoms with Gasteiger partial charge < -0.3 is 0 Å². The van der Waals surface area contributed by atoms with Gasteiger partial charge in [-0.15, -0.1) is 4.91 Å². The number of nitrogens with one attached hydrogen (secondary N) is 3. The number of urea groups is 1. The van der Waals surface area contributed by atoms with Crippen molar-refractivity contribution in [2.45, 2.75) is 0 Å². The molecule has 0 saturated heterocycles. The van der Waals surface area contributed by atoms with E-state index in [2.05, 4.69) is 5.84 Å². The predicted octanol–water partition coefficient (Wildman–Crippen LogP) is -1.65. The zero-order chi connectivity index (χ0) is 6.41. The standard InChI is InChI=1S/CH5N5O2/c2-5-3-1(7)4-6-8/h5H,2H2,(H2,3,4,7,8). The van der Waals surface area contributed by atoms with E-state index >= 15 is 0 Å². The predicted molar refractivity (Wildman–Crippen MR) is 24.8 cm³/mol. The first-order valence-corrected chi connectivity index (χ1v) is 1.65. The summed E-state index contributed by atoms with van der Waals surface area (Å²) < 4.78 is 0. The Labute approximate surface area is 44.5 Å². The summed E-state index contributed by atoms with van der Waals surface area (Å²) >= 11 is 0. The van der Waals surface area contributed by atoms with Gasteiger partial charge in [0.2, 0.25) is 0 Å². The fraction of sp³-hybridized carbons (Fsp3) is 0. The van der Waals surface area contributed by atoms with E-state index in [1.807, 2.05) is 10.7 Å². The quantitative estimate of drug-likeness (QED) is 0.198. The van der Waals surface area contributed by atoms with Crippen molar-refractivity contribution in [2.75, 3.05) is 0 Å². The van der Waals surface area contributed by atoms with Crippen LogP contribution in [0.5, 0.6) is 0 Å². The summed E-state index contributed by atoms with van der Waals surface area (Å²) in [5, 5.41) is 2.05. The van der Waals surface area contributed by atoms with E-state index in [1.54, 1.807) is 5.53 Å². The van der Waals surface area contributed by atoms with Crippen molar-refractivity contribution in [1.29, 1.82) is 0 Å². The second kappa shape index (κ2) is 3.96. The topological polar surface area (TPSA) is 109 Å². The summed E-state index contributed by atoms with van der Waals surface area (Å²) in [6, 6.07) is -0.803. The normalized spacial score (nSPS) is 7.62. The molecule has 7 heteroatoms. The van der Waals surface area contributed by atoms with Gasteiger partial charge in [-0.1, -0.05) is 0 Å². The maximum atomic E-state index is 9.98. The van der Waals surface area contributed by atoms with Crippen LogP contribution in [0.2, 0.25) is 0 Å². The third-order valence-corrected chi connectivity index (χ3v) is 0.333. The third kappa shape index (κ3) is 3.00. The van der Waals surface area contributed by atoms with Crippen molar-refractivity contribution in [2.24, 2.45) is 11.1 Å². The first-order chi connectivity index (χ1) is 3.81. The first kappa shape index (κ1) is 6.79. The second-order valence-electron chi connectivity index (χ2n) is 0.802. The number of nitrogens with two attached hydrogens (primary N) is 1. The van der Waals surface area contributed by atoms with E-state index in [9.17, 15) is 9.70 Å². The number of hydrogen-bond acceptors (Lipinski definition) is 5. The van der Waals surface area contributed by atoms with Crippen LogP contribution in [-0.4, -0.2) is 6.03 Å². The summed E-state index contributed by atoms with van der Waals surface area (Å²) in [6.07, 6.45) is 0. The lowest BCUT2D eigenvalue weighted by Gasteiger charge is -1.95. The molecule has 0 radical (unpaired) electrons. The van der Waals surface area contributed by atoms with E-state index in [-0.39, 0.29) is 0 Å². The van der Waals surface area contributed by atoms with Gasteiger partial charge in [0.1, 0.15) is 0 Å². The molecule has 2 amide bonds. The Morgan fingerprint density at radius 1 is 1.62 bits per heavy atom. The molecule has 7 nitrogen and oxygen atoms in total. The van der Waals surface area contributed by atoms with Gasteiger partial charge in [0.05, 0.1) is 5.29 Å². The van der Waals surface area contributed by atoms with Gasteiger partial charge in [-0.3, -0.25) is 11.3 Å². The number of hydrazine groups is 2. The molecule has 0 rings (SSSR count). The third-order valence-electron chi connectivity index (χ3n) is 0.333. The van der Waals surface area contributed by atoms with Crippen LogP contribution in [0.3, 0.4) is 0 Å². The highest BCUT2D eigenvalue weighted by Crippen LogP contribution is 1.55. The molecule has 0 aromatic heterocycles. The number of nitrogens with zero attached hydrogens (tertiary/aromatic N) is 1. The average molecular weight is 119 g/mol. The number of carbonyl (C=O) groups excluding carboxylic acids is 1. The summed E-state index contributed by atoms with van der Waals surface area (Å²) in [7, 11) is 0. The Kier molecular flexibility index (Phi) is 3.36. The fourth-order valence-corrected chi connectivity index (χ4v) is 0.135. The van der Waals surface area contributed by atoms with E-state index in [0.717, 1.165) is 0 Å². The van der Waals surface area contributed by atoms with Crippen molar-refractivity contribution >= 4 is 6.03 Å². The van der Waals surface area contributed by atoms with Gasteiger partial charge in [0, 0.05) is 0 Å². The number of carbonyl (C=O) groups is 1. The molecule has 0 aliphatic carbocycles. The Morgan fingerprint density at radius 2 is 2.25 bits per heavy atom. The van der Waals surface area contributed by atoms with Gasteiger partial charge >= 0.3 is 6.03 Å². The molecule has 5 N–H and O–H groups in total. The van der Waals surface area contributed by atoms with E-state index < -0.39 is 6.03 Å². The molecule has 0 saturated carbocycles. The lowest BCUT2D eigenvalue weighted by molar-refractivity contribution is 0.237. The summed E-state index contributed by atoms with van der Waals surface area (Å²) in [5.74, 6) is 4.59. The first-order valence-electron chi connectivity index (χ1n) is 1.65. The minimum absolute atomic E-state index is 0.803. The molecular formula is CH5N5O2. The monoisotopic (exact) mass is 119 g/mol. The molecule has 0 spiro atoms. The van der Waals surface area contributed by atoms with Crippen molar-refractivity contribution in [3.63, 3.8) is 0 Å². The zero-order valence-electron chi connectivity index (χ0n) is 3.84. The van der Waals surface area contributed by atoms with Crippen molar-refractivity contribution in [1.82, 2.24) is 16.4 Å². The number of rotatable bonds is 2. The summed E-state index contributed by atoms with van der Waals surface area (Å²) in [6.45, 7) is 0. The molecule has 0 aromatic carbocycles. The maximum Gasteiger partial charge on any atom is 0.353 e. The zero-order valence-corrected chi connectivity index (χ0v) is 3.84. The van der Waals surface area contributed by atoms with Crippen LogP contribution in [0.1, 0.15) is 0 Å². The molecule has 0 bridgehead atoms. The highest BCUT2D eigenvalue weighted by Gasteiger charge is 1.91. The molecule has 0 atom stereocenters. The van der Waals surface area contributed by atoms with Gasteiger partial charge in [-0.05, 0) is 0 Å². The highest BCUT2D eigenvalue weighted by molar-refractivity contribution is 5.72. The van der Waals surface area contributed by atoms with E-state index in [1.165, 1.54) is 5.43 Å². The van der Waals surface area contributed by atoms with Crippen LogP contribution >= 0.6 is 0 Å². The number of nitroso groups, excluding NO2 is 1. The molecule has 0 aliphatic rings. The minimum atomic E-state index is -0.803. The van der Waals surface area contributed by atoms with Crippen molar-refractivity contribution in [3.8, 4) is 0 Å². The molecule has 0 heterocycles. The molecule has 0 aromatic rings. The summed E-state index contributed by atoms with van der Waals surface area (Å²) in [5.41, 5.74) is 5.15.